The summed E-state index contributed by atoms with van der Waals surface area (Å²) in [7, 11) is 0. The van der Waals surface area contributed by atoms with Gasteiger partial charge in [-0.25, -0.2) is 4.79 Å². The number of hydrogen-bond acceptors (Lipinski definition) is 4. The molecule has 6 heteroatoms. The van der Waals surface area contributed by atoms with E-state index in [2.05, 4.69) is 53.4 Å². The molecule has 1 aromatic heterocycles. The maximum atomic E-state index is 14.2. The average molecular weight is 580 g/mol. The van der Waals surface area contributed by atoms with Crippen LogP contribution in [0.1, 0.15) is 122 Å². The fourth-order valence-corrected chi connectivity index (χ4v) is 12.5. The van der Waals surface area contributed by atoms with Gasteiger partial charge in [-0.3, -0.25) is 4.79 Å². The minimum Gasteiger partial charge on any atom is -0.475 e. The van der Waals surface area contributed by atoms with Crippen LogP contribution in [0.15, 0.2) is 28.7 Å². The molecule has 0 radical (unpaired) electrons. The van der Waals surface area contributed by atoms with Crippen molar-refractivity contribution in [2.75, 3.05) is 0 Å². The predicted molar refractivity (Wildman–Crippen MR) is 162 cm³/mol. The molecule has 10 atom stereocenters. The van der Waals surface area contributed by atoms with E-state index in [0.29, 0.717) is 29.4 Å². The first-order chi connectivity index (χ1) is 19.6. The number of aromatic carboxylic acids is 1. The summed E-state index contributed by atoms with van der Waals surface area (Å²) in [4.78, 5) is 25.5. The number of carbonyl (C=O) groups excluding carboxylic acids is 1. The molecular formula is C36H53NO5. The molecule has 5 aliphatic rings. The van der Waals surface area contributed by atoms with E-state index in [9.17, 15) is 19.8 Å². The van der Waals surface area contributed by atoms with Gasteiger partial charge in [0.1, 0.15) is 5.76 Å². The third kappa shape index (κ3) is 3.91. The van der Waals surface area contributed by atoms with E-state index in [4.69, 9.17) is 4.42 Å². The smallest absolute Gasteiger partial charge is 0.371 e. The molecular weight excluding hydrogens is 526 g/mol. The molecule has 42 heavy (non-hydrogen) atoms. The van der Waals surface area contributed by atoms with Crippen LogP contribution >= 0.6 is 0 Å². The fraction of sp³-hybridized carbons (Fsp3) is 0.778. The number of carboxylic acid groups (broad SMARTS) is 1. The van der Waals surface area contributed by atoms with Gasteiger partial charge in [0.15, 0.2) is 0 Å². The predicted octanol–water partition coefficient (Wildman–Crippen LogP) is 7.61. The summed E-state index contributed by atoms with van der Waals surface area (Å²) >= 11 is 0. The van der Waals surface area contributed by atoms with Gasteiger partial charge in [0, 0.05) is 0 Å². The molecule has 0 aliphatic heterocycles. The molecule has 1 aromatic rings. The van der Waals surface area contributed by atoms with Crippen molar-refractivity contribution in [3.05, 3.63) is 35.8 Å². The summed E-state index contributed by atoms with van der Waals surface area (Å²) in [5, 5.41) is 23.4. The van der Waals surface area contributed by atoms with E-state index < -0.39 is 11.4 Å². The molecule has 5 fully saturated rings. The summed E-state index contributed by atoms with van der Waals surface area (Å²) in [5.74, 6) is 1.63. The van der Waals surface area contributed by atoms with Gasteiger partial charge in [-0.2, -0.15) is 0 Å². The lowest BCUT2D eigenvalue weighted by Crippen LogP contribution is -2.67. The van der Waals surface area contributed by atoms with Crippen LogP contribution in [0.4, 0.5) is 0 Å². The highest BCUT2D eigenvalue weighted by Gasteiger charge is 2.71. The number of hydrogen-bond donors (Lipinski definition) is 3. The lowest BCUT2D eigenvalue weighted by atomic mass is 9.32. The van der Waals surface area contributed by atoms with E-state index in [-0.39, 0.29) is 51.9 Å². The van der Waals surface area contributed by atoms with E-state index in [1.54, 1.807) is 6.07 Å². The van der Waals surface area contributed by atoms with Crippen LogP contribution in [0, 0.1) is 56.7 Å². The molecule has 0 saturated heterocycles. The average Bonchev–Trinajstić information content (AvgIpc) is 3.56. The van der Waals surface area contributed by atoms with Crippen molar-refractivity contribution in [3.63, 3.8) is 0 Å². The monoisotopic (exact) mass is 579 g/mol. The zero-order chi connectivity index (χ0) is 30.5. The van der Waals surface area contributed by atoms with Crippen molar-refractivity contribution >= 4 is 11.9 Å². The summed E-state index contributed by atoms with van der Waals surface area (Å²) in [6, 6.07) is 3.10. The van der Waals surface area contributed by atoms with Gasteiger partial charge in [0.05, 0.1) is 18.1 Å². The summed E-state index contributed by atoms with van der Waals surface area (Å²) in [5.41, 5.74) is 1.32. The number of fused-ring (bicyclic) bond motifs is 7. The van der Waals surface area contributed by atoms with Crippen molar-refractivity contribution in [1.29, 1.82) is 0 Å². The lowest BCUT2D eigenvalue weighted by molar-refractivity contribution is -0.246. The first kappa shape index (κ1) is 30.0. The SMILES string of the molecule is C=C(C)[C@@H]1CC[C@]2(C(=O)NCc3ccc(C(=O)O)o3)CC[C@]3(C)C(CCC4[C@@]5(C)CC[C@H](O)C(C)(C)C5CC[C@]43C)C12. The highest BCUT2D eigenvalue weighted by Crippen LogP contribution is 2.77. The van der Waals surface area contributed by atoms with E-state index >= 15 is 0 Å². The van der Waals surface area contributed by atoms with Crippen LogP contribution in [-0.2, 0) is 11.3 Å². The fourth-order valence-electron chi connectivity index (χ4n) is 12.5. The molecule has 6 rings (SSSR count). The second kappa shape index (κ2) is 9.71. The Morgan fingerprint density at radius 3 is 2.33 bits per heavy atom. The third-order valence-corrected chi connectivity index (χ3v) is 14.8. The largest absolute Gasteiger partial charge is 0.475 e. The van der Waals surface area contributed by atoms with Gasteiger partial charge in [-0.05, 0) is 135 Å². The molecule has 5 saturated carbocycles. The van der Waals surface area contributed by atoms with Gasteiger partial charge in [-0.15, -0.1) is 0 Å². The molecule has 6 nitrogen and oxygen atoms in total. The number of aliphatic hydroxyl groups is 1. The molecule has 0 bridgehead atoms. The number of aliphatic hydroxyl groups excluding tert-OH is 1. The Morgan fingerprint density at radius 2 is 1.67 bits per heavy atom. The highest BCUT2D eigenvalue weighted by molar-refractivity contribution is 5.85. The topological polar surface area (TPSA) is 99.8 Å². The maximum Gasteiger partial charge on any atom is 0.371 e. The molecule has 4 unspecified atom stereocenters. The van der Waals surface area contributed by atoms with Gasteiger partial charge < -0.3 is 19.9 Å². The molecule has 3 N–H and O–H groups in total. The number of furan rings is 1. The number of carboxylic acids is 1. The first-order valence-corrected chi connectivity index (χ1v) is 16.6. The second-order valence-corrected chi connectivity index (χ2v) is 16.5. The quantitative estimate of drug-likeness (QED) is 0.312. The van der Waals surface area contributed by atoms with E-state index in [1.807, 2.05) is 0 Å². The molecule has 1 amide bonds. The number of rotatable bonds is 5. The van der Waals surface area contributed by atoms with Crippen molar-refractivity contribution in [1.82, 2.24) is 5.32 Å². The van der Waals surface area contributed by atoms with Crippen LogP contribution in [0.25, 0.3) is 0 Å². The van der Waals surface area contributed by atoms with Gasteiger partial charge in [0.25, 0.3) is 0 Å². The van der Waals surface area contributed by atoms with Crippen molar-refractivity contribution in [3.8, 4) is 0 Å². The van der Waals surface area contributed by atoms with Crippen LogP contribution < -0.4 is 5.32 Å². The summed E-state index contributed by atoms with van der Waals surface area (Å²) in [6.07, 6.45) is 10.4. The third-order valence-electron chi connectivity index (χ3n) is 14.8. The Hall–Kier alpha value is -2.08. The minimum atomic E-state index is -1.10. The maximum absolute atomic E-state index is 14.2. The Morgan fingerprint density at radius 1 is 0.929 bits per heavy atom. The highest BCUT2D eigenvalue weighted by atomic mass is 16.4. The Balaban J connectivity index is 1.31. The van der Waals surface area contributed by atoms with E-state index in [0.717, 1.165) is 44.9 Å². The number of nitrogens with one attached hydrogen (secondary N) is 1. The molecule has 1 heterocycles. The van der Waals surface area contributed by atoms with Gasteiger partial charge in [0.2, 0.25) is 11.7 Å². The Bertz CT molecular complexity index is 1280. The molecule has 5 aliphatic carbocycles. The molecule has 232 valence electrons. The van der Waals surface area contributed by atoms with Crippen molar-refractivity contribution in [2.45, 2.75) is 118 Å². The van der Waals surface area contributed by atoms with Crippen LogP contribution in [0.5, 0.6) is 0 Å². The lowest BCUT2D eigenvalue weighted by Gasteiger charge is -2.72. The normalized spacial score (nSPS) is 45.6. The Labute approximate surface area is 252 Å². The zero-order valence-electron chi connectivity index (χ0n) is 26.7. The first-order valence-electron chi connectivity index (χ1n) is 16.6. The Kier molecular flexibility index (Phi) is 6.93. The summed E-state index contributed by atoms with van der Waals surface area (Å²) in [6.45, 7) is 19.2. The van der Waals surface area contributed by atoms with Crippen LogP contribution in [0.3, 0.4) is 0 Å². The van der Waals surface area contributed by atoms with Gasteiger partial charge >= 0.3 is 5.97 Å². The van der Waals surface area contributed by atoms with Crippen LogP contribution in [-0.4, -0.2) is 28.2 Å². The number of carbonyl (C=O) groups is 2. The standard InChI is InChI=1S/C36H53NO5/c1-21(2)23-12-17-36(31(41)37-20-22-8-10-25(42-22)30(39)40)19-18-34(6)24(29(23)36)9-11-27-33(5)15-14-28(38)32(3,4)26(33)13-16-35(27,34)7/h8,10,23-24,26-29,38H,1,9,11-20H2,2-7H3,(H,37,41)(H,39,40)/t23-,24?,26?,27?,28-,29?,33-,34+,35+,36-/m0/s1. The molecule has 0 aromatic carbocycles. The minimum absolute atomic E-state index is 0.0540. The van der Waals surface area contributed by atoms with E-state index in [1.165, 1.54) is 30.9 Å². The molecule has 0 spiro atoms. The summed E-state index contributed by atoms with van der Waals surface area (Å²) < 4.78 is 5.46. The number of amides is 1. The van der Waals surface area contributed by atoms with Gasteiger partial charge in [-0.1, -0.05) is 46.8 Å². The van der Waals surface area contributed by atoms with Crippen LogP contribution in [0.2, 0.25) is 0 Å². The number of allylic oxidation sites excluding steroid dienone is 1. The van der Waals surface area contributed by atoms with Crippen molar-refractivity contribution in [2.24, 2.45) is 56.7 Å². The van der Waals surface area contributed by atoms with Crippen molar-refractivity contribution < 1.29 is 24.2 Å². The second-order valence-electron chi connectivity index (χ2n) is 16.5. The zero-order valence-corrected chi connectivity index (χ0v) is 26.7.